The van der Waals surface area contributed by atoms with E-state index in [0.717, 1.165) is 11.3 Å². The van der Waals surface area contributed by atoms with Gasteiger partial charge in [0.15, 0.2) is 11.6 Å². The van der Waals surface area contributed by atoms with E-state index in [2.05, 4.69) is 20.0 Å². The Hall–Kier alpha value is -3.50. The van der Waals surface area contributed by atoms with E-state index in [9.17, 15) is 13.2 Å². The first-order valence-electron chi connectivity index (χ1n) is 9.33. The van der Waals surface area contributed by atoms with Crippen LogP contribution in [0.3, 0.4) is 0 Å². The Bertz CT molecular complexity index is 1340. The molecule has 0 spiro atoms. The second-order valence-corrected chi connectivity index (χ2v) is 9.23. The number of esters is 1. The minimum absolute atomic E-state index is 0.0497. The number of rotatable bonds is 7. The Kier molecular flexibility index (Phi) is 5.83. The predicted octanol–water partition coefficient (Wildman–Crippen LogP) is 4.41. The number of nitrogens with zero attached hydrogens (tertiary/aromatic N) is 2. The molecule has 31 heavy (non-hydrogen) atoms. The summed E-state index contributed by atoms with van der Waals surface area (Å²) in [5.74, 6) is -0.192. The van der Waals surface area contributed by atoms with Crippen molar-refractivity contribution in [2.45, 2.75) is 11.1 Å². The number of para-hydroxylation sites is 2. The van der Waals surface area contributed by atoms with E-state index in [4.69, 9.17) is 4.74 Å². The van der Waals surface area contributed by atoms with Gasteiger partial charge in [-0.15, -0.1) is 11.3 Å². The molecule has 2 aromatic carbocycles. The Labute approximate surface area is 183 Å². The van der Waals surface area contributed by atoms with Crippen molar-refractivity contribution in [1.29, 1.82) is 0 Å². The molecule has 2 heterocycles. The van der Waals surface area contributed by atoms with Crippen molar-refractivity contribution in [3.8, 4) is 0 Å². The number of anilines is 3. The van der Waals surface area contributed by atoms with Gasteiger partial charge in [0, 0.05) is 5.69 Å². The van der Waals surface area contributed by atoms with E-state index in [1.165, 1.54) is 6.07 Å². The highest BCUT2D eigenvalue weighted by molar-refractivity contribution is 7.94. The zero-order valence-electron chi connectivity index (χ0n) is 16.4. The number of carbonyl (C=O) groups excluding carboxylic acids is 1. The summed E-state index contributed by atoms with van der Waals surface area (Å²) in [5.41, 5.74) is 2.02. The van der Waals surface area contributed by atoms with Crippen LogP contribution >= 0.6 is 11.3 Å². The van der Waals surface area contributed by atoms with Gasteiger partial charge in [0.25, 0.3) is 10.0 Å². The summed E-state index contributed by atoms with van der Waals surface area (Å²) in [5, 5.41) is 4.75. The van der Waals surface area contributed by atoms with Crippen molar-refractivity contribution in [1.82, 2.24) is 9.97 Å². The standard InChI is InChI=1S/C21H18N4O4S2/c1-2-29-21(26)14-7-5-8-15(13-14)22-19-20(24-17-10-4-3-9-16(17)23-19)25-31(27,28)18-11-6-12-30-18/h3-13H,2H2,1H3,(H,22,23)(H,24,25). The van der Waals surface area contributed by atoms with Gasteiger partial charge in [-0.2, -0.15) is 0 Å². The molecule has 4 aromatic rings. The molecule has 0 saturated heterocycles. The molecule has 0 aliphatic rings. The van der Waals surface area contributed by atoms with Crippen LogP contribution in [0, 0.1) is 0 Å². The molecule has 0 amide bonds. The predicted molar refractivity (Wildman–Crippen MR) is 120 cm³/mol. The Morgan fingerprint density at radius 1 is 1.00 bits per heavy atom. The van der Waals surface area contributed by atoms with Gasteiger partial charge in [0.05, 0.1) is 23.2 Å². The molecule has 0 aliphatic carbocycles. The van der Waals surface area contributed by atoms with Gasteiger partial charge in [-0.05, 0) is 48.7 Å². The summed E-state index contributed by atoms with van der Waals surface area (Å²) in [6.07, 6.45) is 0. The number of hydrogen-bond donors (Lipinski definition) is 2. The normalized spacial score (nSPS) is 11.3. The van der Waals surface area contributed by atoms with Crippen LogP contribution in [-0.4, -0.2) is 31.0 Å². The van der Waals surface area contributed by atoms with Crippen molar-refractivity contribution < 1.29 is 17.9 Å². The topological polar surface area (TPSA) is 110 Å². The molecule has 2 aromatic heterocycles. The molecule has 0 saturated carbocycles. The van der Waals surface area contributed by atoms with Gasteiger partial charge in [0.2, 0.25) is 0 Å². The lowest BCUT2D eigenvalue weighted by Gasteiger charge is -2.14. The quantitative estimate of drug-likeness (QED) is 0.398. The molecule has 0 fully saturated rings. The molecule has 8 nitrogen and oxygen atoms in total. The van der Waals surface area contributed by atoms with Gasteiger partial charge in [0.1, 0.15) is 4.21 Å². The van der Waals surface area contributed by atoms with Crippen LogP contribution in [0.5, 0.6) is 0 Å². The van der Waals surface area contributed by atoms with Crippen molar-refractivity contribution in [3.05, 3.63) is 71.6 Å². The molecule has 0 unspecified atom stereocenters. The summed E-state index contributed by atoms with van der Waals surface area (Å²) in [4.78, 5) is 21.0. The minimum Gasteiger partial charge on any atom is -0.462 e. The fraction of sp³-hybridized carbons (Fsp3) is 0.0952. The van der Waals surface area contributed by atoms with E-state index >= 15 is 0 Å². The number of carbonyl (C=O) groups is 1. The molecule has 10 heteroatoms. The maximum Gasteiger partial charge on any atom is 0.338 e. The largest absolute Gasteiger partial charge is 0.462 e. The summed E-state index contributed by atoms with van der Waals surface area (Å²) in [6.45, 7) is 2.00. The molecule has 0 atom stereocenters. The van der Waals surface area contributed by atoms with Crippen LogP contribution in [0.2, 0.25) is 0 Å². The van der Waals surface area contributed by atoms with Crippen LogP contribution in [0.25, 0.3) is 11.0 Å². The van der Waals surface area contributed by atoms with Crippen molar-refractivity contribution in [3.63, 3.8) is 0 Å². The van der Waals surface area contributed by atoms with Crippen molar-refractivity contribution in [2.75, 3.05) is 16.6 Å². The van der Waals surface area contributed by atoms with Crippen LogP contribution in [0.1, 0.15) is 17.3 Å². The second kappa shape index (κ2) is 8.70. The first-order valence-corrected chi connectivity index (χ1v) is 11.7. The van der Waals surface area contributed by atoms with Crippen LogP contribution in [-0.2, 0) is 14.8 Å². The molecule has 0 bridgehead atoms. The highest BCUT2D eigenvalue weighted by Crippen LogP contribution is 2.28. The van der Waals surface area contributed by atoms with Gasteiger partial charge in [-0.3, -0.25) is 4.72 Å². The number of benzene rings is 2. The maximum atomic E-state index is 12.8. The molecule has 2 N–H and O–H groups in total. The fourth-order valence-corrected chi connectivity index (χ4v) is 4.83. The average molecular weight is 455 g/mol. The SMILES string of the molecule is CCOC(=O)c1cccc(Nc2nc3ccccc3nc2NS(=O)(=O)c2cccs2)c1. The lowest BCUT2D eigenvalue weighted by atomic mass is 10.2. The van der Waals surface area contributed by atoms with E-state index in [-0.39, 0.29) is 22.5 Å². The Balaban J connectivity index is 1.74. The van der Waals surface area contributed by atoms with E-state index in [1.807, 2.05) is 6.07 Å². The smallest absolute Gasteiger partial charge is 0.338 e. The third-order valence-corrected chi connectivity index (χ3v) is 6.93. The molecule has 0 aliphatic heterocycles. The van der Waals surface area contributed by atoms with Gasteiger partial charge in [-0.25, -0.2) is 23.2 Å². The fourth-order valence-electron chi connectivity index (χ4n) is 2.83. The number of ether oxygens (including phenoxy) is 1. The van der Waals surface area contributed by atoms with Crippen LogP contribution in [0.4, 0.5) is 17.3 Å². The van der Waals surface area contributed by atoms with Gasteiger partial charge >= 0.3 is 5.97 Å². The first kappa shape index (κ1) is 20.8. The summed E-state index contributed by atoms with van der Waals surface area (Å²) >= 11 is 1.10. The van der Waals surface area contributed by atoms with Crippen molar-refractivity contribution >= 4 is 55.7 Å². The molecular weight excluding hydrogens is 436 g/mol. The van der Waals surface area contributed by atoms with Crippen LogP contribution in [0.15, 0.2) is 70.3 Å². The number of aromatic nitrogens is 2. The third-order valence-electron chi connectivity index (χ3n) is 4.20. The maximum absolute atomic E-state index is 12.8. The summed E-state index contributed by atoms with van der Waals surface area (Å²) in [6, 6.07) is 17.0. The molecule has 4 rings (SSSR count). The monoisotopic (exact) mass is 454 g/mol. The minimum atomic E-state index is -3.83. The lowest BCUT2D eigenvalue weighted by molar-refractivity contribution is 0.0526. The second-order valence-electron chi connectivity index (χ2n) is 6.37. The third kappa shape index (κ3) is 4.65. The zero-order valence-corrected chi connectivity index (χ0v) is 18.0. The summed E-state index contributed by atoms with van der Waals surface area (Å²) < 4.78 is 33.2. The highest BCUT2D eigenvalue weighted by Gasteiger charge is 2.20. The van der Waals surface area contributed by atoms with E-state index in [0.29, 0.717) is 22.3 Å². The number of fused-ring (bicyclic) bond motifs is 1. The van der Waals surface area contributed by atoms with E-state index in [1.54, 1.807) is 60.8 Å². The van der Waals surface area contributed by atoms with E-state index < -0.39 is 16.0 Å². The Morgan fingerprint density at radius 2 is 1.74 bits per heavy atom. The van der Waals surface area contributed by atoms with Crippen LogP contribution < -0.4 is 10.0 Å². The number of sulfonamides is 1. The van der Waals surface area contributed by atoms with Crippen molar-refractivity contribution in [2.24, 2.45) is 0 Å². The Morgan fingerprint density at radius 3 is 2.42 bits per heavy atom. The van der Waals surface area contributed by atoms with Gasteiger partial charge in [-0.1, -0.05) is 24.3 Å². The van der Waals surface area contributed by atoms with Gasteiger partial charge < -0.3 is 10.1 Å². The molecule has 158 valence electrons. The number of nitrogens with one attached hydrogen (secondary N) is 2. The lowest BCUT2D eigenvalue weighted by Crippen LogP contribution is -2.15. The highest BCUT2D eigenvalue weighted by atomic mass is 32.2. The number of hydrogen-bond acceptors (Lipinski definition) is 8. The molecular formula is C21H18N4O4S2. The number of thiophene rings is 1. The average Bonchev–Trinajstić information content (AvgIpc) is 3.30. The zero-order chi connectivity index (χ0) is 21.8. The first-order chi connectivity index (χ1) is 15.0. The summed E-state index contributed by atoms with van der Waals surface area (Å²) in [7, 11) is -3.83. The molecule has 0 radical (unpaired) electrons.